The molecule has 6 N–H and O–H groups in total. The Morgan fingerprint density at radius 3 is 0.875 bits per heavy atom. The van der Waals surface area contributed by atoms with Crippen LogP contribution in [0.15, 0.2) is 0 Å². The van der Waals surface area contributed by atoms with Crippen LogP contribution in [0.3, 0.4) is 0 Å². The van der Waals surface area contributed by atoms with Gasteiger partial charge in [0, 0.05) is 24.2 Å². The van der Waals surface area contributed by atoms with Crippen molar-refractivity contribution in [1.82, 2.24) is 21.3 Å². The van der Waals surface area contributed by atoms with Crippen molar-refractivity contribution in [2.45, 2.75) is 75.5 Å². The van der Waals surface area contributed by atoms with E-state index in [1.54, 1.807) is 0 Å². The average Bonchev–Trinajstić information content (AvgIpc) is 2.56. The summed E-state index contributed by atoms with van der Waals surface area (Å²) in [5, 5.41) is 14.2. The van der Waals surface area contributed by atoms with Crippen molar-refractivity contribution < 1.29 is 47.4 Å². The van der Waals surface area contributed by atoms with Crippen LogP contribution in [0.5, 0.6) is 0 Å². The fraction of sp³-hybridized carbons (Fsp3) is 1.00. The Kier molecular flexibility index (Phi) is 17.0. The topological polar surface area (TPSA) is 79.6 Å². The summed E-state index contributed by atoms with van der Waals surface area (Å²) in [6.07, 6.45) is 11.0. The summed E-state index contributed by atoms with van der Waals surface area (Å²) in [5.41, 5.74) is 0. The maximum atomic E-state index is 3.56. The van der Waals surface area contributed by atoms with E-state index < -0.39 is 0 Å². The van der Waals surface area contributed by atoms with Crippen molar-refractivity contribution in [3.8, 4) is 0 Å². The summed E-state index contributed by atoms with van der Waals surface area (Å²) in [6.45, 7) is 4.96. The van der Waals surface area contributed by atoms with Gasteiger partial charge >= 0.3 is 17.1 Å². The van der Waals surface area contributed by atoms with E-state index in [9.17, 15) is 0 Å². The molecule has 8 heteroatoms. The second kappa shape index (κ2) is 15.0. The molecular weight excluding hydrogens is 399 g/mol. The van der Waals surface area contributed by atoms with Gasteiger partial charge in [-0.15, -0.1) is 0 Å². The normalized spacial score (nSPS) is 34.0. The maximum absolute atomic E-state index is 3.56. The molecule has 0 aromatic rings. The summed E-state index contributed by atoms with van der Waals surface area (Å²) in [7, 11) is 0. The Morgan fingerprint density at radius 2 is 0.667 bits per heavy atom. The van der Waals surface area contributed by atoms with Crippen molar-refractivity contribution in [2.75, 3.05) is 26.2 Å². The van der Waals surface area contributed by atoms with E-state index in [4.69, 9.17) is 0 Å². The van der Waals surface area contributed by atoms with Gasteiger partial charge in [0.1, 0.15) is 0 Å². The molecule has 4 atom stereocenters. The molecule has 4 aliphatic rings. The summed E-state index contributed by atoms with van der Waals surface area (Å²) >= 11 is 0. The Labute approximate surface area is 170 Å². The smallest absolute Gasteiger partial charge is 1.00 e. The van der Waals surface area contributed by atoms with Crippen LogP contribution >= 0.6 is 0 Å². The predicted octanol–water partition coefficient (Wildman–Crippen LogP) is -5.84. The number of piperidine rings is 4. The Hall–Kier alpha value is 0.899. The van der Waals surface area contributed by atoms with Gasteiger partial charge in [-0.3, -0.25) is 0 Å². The quantitative estimate of drug-likeness (QED) is 0.288. The fourth-order valence-electron chi connectivity index (χ4n) is 4.22. The molecule has 0 aromatic heterocycles. The first-order valence-electron chi connectivity index (χ1n) is 8.87. The standard InChI is InChI=1S/2C8H16N2.2ClH.Cu.H2O/c2*1-3-7-8(9-5-1)4-2-6-10-7;;;;/h2*7-10H,1-6H2;2*1H;;1H2/q;;;;+2;/p-2/t2*7-,8-;;;;/m00..../s1. The number of fused-ring (bicyclic) bond motifs is 2. The minimum Gasteiger partial charge on any atom is -1.00 e. The van der Waals surface area contributed by atoms with Gasteiger partial charge in [0.2, 0.25) is 0 Å². The molecule has 1 radical (unpaired) electrons. The van der Waals surface area contributed by atoms with Crippen LogP contribution < -0.4 is 46.1 Å². The van der Waals surface area contributed by atoms with E-state index in [0.717, 1.165) is 24.2 Å². The predicted molar refractivity (Wildman–Crippen MR) is 87.7 cm³/mol. The zero-order valence-corrected chi connectivity index (χ0v) is 16.8. The second-order valence-corrected chi connectivity index (χ2v) is 6.81. The molecule has 0 bridgehead atoms. The third kappa shape index (κ3) is 8.07. The third-order valence-corrected chi connectivity index (χ3v) is 5.37. The van der Waals surface area contributed by atoms with Crippen LogP contribution in [0.25, 0.3) is 0 Å². The maximum Gasteiger partial charge on any atom is 2.00 e. The number of halogens is 2. The van der Waals surface area contributed by atoms with Gasteiger partial charge < -0.3 is 51.6 Å². The van der Waals surface area contributed by atoms with Crippen molar-refractivity contribution >= 4 is 0 Å². The summed E-state index contributed by atoms with van der Waals surface area (Å²) < 4.78 is 0. The van der Waals surface area contributed by atoms with Gasteiger partial charge in [-0.25, -0.2) is 0 Å². The van der Waals surface area contributed by atoms with Gasteiger partial charge in [0.25, 0.3) is 0 Å². The van der Waals surface area contributed by atoms with E-state index in [0.29, 0.717) is 0 Å². The van der Waals surface area contributed by atoms with Crippen LogP contribution in [0.2, 0.25) is 0 Å². The van der Waals surface area contributed by atoms with E-state index >= 15 is 0 Å². The minimum atomic E-state index is 0. The van der Waals surface area contributed by atoms with Crippen LogP contribution in [0.4, 0.5) is 0 Å². The van der Waals surface area contributed by atoms with Gasteiger partial charge in [-0.1, -0.05) is 0 Å². The van der Waals surface area contributed by atoms with E-state index in [2.05, 4.69) is 21.3 Å². The average molecular weight is 433 g/mol. The molecule has 4 saturated heterocycles. The number of rotatable bonds is 0. The summed E-state index contributed by atoms with van der Waals surface area (Å²) in [4.78, 5) is 0. The molecule has 24 heavy (non-hydrogen) atoms. The SMILES string of the molecule is C1CN[C@H]2CCCN[C@H]2C1.C1CN[C@H]2CCCN[C@H]2C1.O.[Cl-].[Cl-].[Cu+2]. The molecule has 4 rings (SSSR count). The first-order chi connectivity index (χ1) is 9.93. The molecule has 4 aliphatic heterocycles. The van der Waals surface area contributed by atoms with Crippen LogP contribution in [-0.2, 0) is 17.1 Å². The van der Waals surface area contributed by atoms with E-state index in [1.807, 2.05) is 0 Å². The van der Waals surface area contributed by atoms with Crippen LogP contribution in [-0.4, -0.2) is 55.8 Å². The zero-order chi connectivity index (χ0) is 13.6. The molecule has 5 nitrogen and oxygen atoms in total. The minimum absolute atomic E-state index is 0. The number of nitrogens with one attached hydrogen (secondary N) is 4. The van der Waals surface area contributed by atoms with Gasteiger partial charge in [-0.05, 0) is 77.5 Å². The molecule has 4 fully saturated rings. The third-order valence-electron chi connectivity index (χ3n) is 5.37. The zero-order valence-electron chi connectivity index (χ0n) is 14.4. The molecule has 0 unspecified atom stereocenters. The van der Waals surface area contributed by atoms with Gasteiger partial charge in [-0.2, -0.15) is 0 Å². The molecule has 0 saturated carbocycles. The van der Waals surface area contributed by atoms with Gasteiger partial charge in [0.05, 0.1) is 0 Å². The fourth-order valence-corrected chi connectivity index (χ4v) is 4.22. The molecule has 0 spiro atoms. The van der Waals surface area contributed by atoms with Crippen molar-refractivity contribution in [2.24, 2.45) is 0 Å². The van der Waals surface area contributed by atoms with E-state index in [-0.39, 0.29) is 47.4 Å². The molecule has 0 aromatic carbocycles. The summed E-state index contributed by atoms with van der Waals surface area (Å²) in [6, 6.07) is 3.18. The van der Waals surface area contributed by atoms with Crippen molar-refractivity contribution in [3.63, 3.8) is 0 Å². The molecule has 0 amide bonds. The van der Waals surface area contributed by atoms with Crippen LogP contribution in [0, 0.1) is 0 Å². The van der Waals surface area contributed by atoms with Gasteiger partial charge in [0.15, 0.2) is 0 Å². The second-order valence-electron chi connectivity index (χ2n) is 6.81. The van der Waals surface area contributed by atoms with E-state index in [1.165, 1.54) is 77.5 Å². The Morgan fingerprint density at radius 1 is 0.458 bits per heavy atom. The monoisotopic (exact) mass is 431 g/mol. The first-order valence-corrected chi connectivity index (χ1v) is 8.87. The Bertz CT molecular complexity index is 225. The summed E-state index contributed by atoms with van der Waals surface area (Å²) in [5.74, 6) is 0. The largest absolute Gasteiger partial charge is 2.00 e. The number of hydrogen-bond donors (Lipinski definition) is 4. The molecule has 149 valence electrons. The molecule has 4 heterocycles. The van der Waals surface area contributed by atoms with Crippen molar-refractivity contribution in [1.29, 1.82) is 0 Å². The molecular formula is C16H34Cl2CuN4O. The van der Waals surface area contributed by atoms with Crippen molar-refractivity contribution in [3.05, 3.63) is 0 Å². The van der Waals surface area contributed by atoms with Crippen LogP contribution in [0.1, 0.15) is 51.4 Å². The first kappa shape index (κ1) is 27.1. The molecule has 0 aliphatic carbocycles. The Balaban J connectivity index is 0. The number of hydrogen-bond acceptors (Lipinski definition) is 4.